The van der Waals surface area contributed by atoms with Crippen molar-refractivity contribution in [3.8, 4) is 11.5 Å². The van der Waals surface area contributed by atoms with E-state index in [0.717, 1.165) is 36.2 Å². The van der Waals surface area contributed by atoms with Crippen molar-refractivity contribution in [2.45, 2.75) is 52.0 Å². The summed E-state index contributed by atoms with van der Waals surface area (Å²) in [5, 5.41) is 7.61. The van der Waals surface area contributed by atoms with Gasteiger partial charge in [0.15, 0.2) is 0 Å². The van der Waals surface area contributed by atoms with Crippen LogP contribution >= 0.6 is 0 Å². The molecule has 0 spiro atoms. The molecule has 0 aliphatic carbocycles. The van der Waals surface area contributed by atoms with E-state index < -0.39 is 0 Å². The predicted molar refractivity (Wildman–Crippen MR) is 81.0 cm³/mol. The lowest BCUT2D eigenvalue weighted by Gasteiger charge is -2.22. The molecule has 2 aromatic rings. The summed E-state index contributed by atoms with van der Waals surface area (Å²) in [6.45, 7) is 5.19. The molecular weight excluding hydrogens is 264 g/mol. The first-order valence-electron chi connectivity index (χ1n) is 7.72. The molecule has 1 unspecified atom stereocenters. The first kappa shape index (κ1) is 14.2. The van der Waals surface area contributed by atoms with Gasteiger partial charge >= 0.3 is 0 Å². The van der Waals surface area contributed by atoms with Crippen LogP contribution in [0.3, 0.4) is 0 Å². The molecule has 5 nitrogen and oxygen atoms in total. The van der Waals surface area contributed by atoms with E-state index in [2.05, 4.69) is 26.5 Å². The number of rotatable bonds is 4. The van der Waals surface area contributed by atoms with Crippen LogP contribution in [0, 0.1) is 13.8 Å². The van der Waals surface area contributed by atoms with Gasteiger partial charge in [-0.2, -0.15) is 4.98 Å². The quantitative estimate of drug-likeness (QED) is 0.936. The van der Waals surface area contributed by atoms with Gasteiger partial charge in [0, 0.05) is 18.7 Å². The zero-order valence-electron chi connectivity index (χ0n) is 12.7. The van der Waals surface area contributed by atoms with Crippen LogP contribution in [-0.2, 0) is 6.42 Å². The first-order valence-corrected chi connectivity index (χ1v) is 7.72. The monoisotopic (exact) mass is 286 g/mol. The maximum absolute atomic E-state index is 5.37. The molecule has 21 heavy (non-hydrogen) atoms. The minimum absolute atomic E-state index is 0.591. The fourth-order valence-corrected chi connectivity index (χ4v) is 2.87. The van der Waals surface area contributed by atoms with E-state index in [-0.39, 0.29) is 0 Å². The molecule has 1 atom stereocenters. The summed E-state index contributed by atoms with van der Waals surface area (Å²) in [6, 6.07) is 2.68. The van der Waals surface area contributed by atoms with Crippen molar-refractivity contribution >= 4 is 0 Å². The molecule has 1 saturated heterocycles. The molecule has 0 bridgehead atoms. The number of aromatic nitrogens is 3. The zero-order valence-corrected chi connectivity index (χ0v) is 12.7. The number of nitrogens with one attached hydrogen (secondary N) is 1. The van der Waals surface area contributed by atoms with Crippen LogP contribution in [0.4, 0.5) is 0 Å². The molecule has 0 aromatic carbocycles. The zero-order chi connectivity index (χ0) is 14.7. The molecule has 1 aliphatic rings. The summed E-state index contributed by atoms with van der Waals surface area (Å²) in [4.78, 5) is 8.90. The summed E-state index contributed by atoms with van der Waals surface area (Å²) in [6.07, 6.45) is 7.58. The van der Waals surface area contributed by atoms with E-state index in [1.165, 1.54) is 19.3 Å². The van der Waals surface area contributed by atoms with Crippen LogP contribution in [0.2, 0.25) is 0 Å². The van der Waals surface area contributed by atoms with Gasteiger partial charge in [0.2, 0.25) is 11.7 Å². The summed E-state index contributed by atoms with van der Waals surface area (Å²) < 4.78 is 5.37. The Morgan fingerprint density at radius 1 is 1.33 bits per heavy atom. The summed E-state index contributed by atoms with van der Waals surface area (Å²) in [5.74, 6) is 1.30. The van der Waals surface area contributed by atoms with Gasteiger partial charge in [0.05, 0.1) is 0 Å². The van der Waals surface area contributed by atoms with Gasteiger partial charge in [-0.25, -0.2) is 0 Å². The number of aryl methyl sites for hydroxylation is 3. The Hall–Kier alpha value is -1.75. The van der Waals surface area contributed by atoms with E-state index in [9.17, 15) is 0 Å². The summed E-state index contributed by atoms with van der Waals surface area (Å²) in [7, 11) is 0. The molecule has 2 aromatic heterocycles. The van der Waals surface area contributed by atoms with Crippen molar-refractivity contribution in [3.63, 3.8) is 0 Å². The van der Waals surface area contributed by atoms with E-state index in [1.807, 2.05) is 20.0 Å². The third-order valence-electron chi connectivity index (χ3n) is 4.01. The number of hydrogen-bond acceptors (Lipinski definition) is 5. The maximum atomic E-state index is 5.37. The van der Waals surface area contributed by atoms with Gasteiger partial charge in [-0.3, -0.25) is 4.98 Å². The summed E-state index contributed by atoms with van der Waals surface area (Å²) >= 11 is 0. The number of hydrogen-bond donors (Lipinski definition) is 1. The van der Waals surface area contributed by atoms with Crippen LogP contribution in [0.1, 0.15) is 42.7 Å². The lowest BCUT2D eigenvalue weighted by Crippen LogP contribution is -2.34. The maximum Gasteiger partial charge on any atom is 0.227 e. The Labute approximate surface area is 125 Å². The van der Waals surface area contributed by atoms with Gasteiger partial charge < -0.3 is 9.84 Å². The molecule has 0 saturated carbocycles. The molecular formula is C16H22N4O. The lowest BCUT2D eigenvalue weighted by atomic mass is 10.0. The average molecular weight is 286 g/mol. The predicted octanol–water partition coefficient (Wildman–Crippen LogP) is 2.82. The molecule has 0 amide bonds. The molecule has 5 heteroatoms. The second-order valence-electron chi connectivity index (χ2n) is 5.88. The fraction of sp³-hybridized carbons (Fsp3) is 0.562. The molecule has 1 N–H and O–H groups in total. The topological polar surface area (TPSA) is 63.8 Å². The second kappa shape index (κ2) is 6.35. The van der Waals surface area contributed by atoms with Crippen LogP contribution < -0.4 is 5.32 Å². The number of piperidine rings is 1. The van der Waals surface area contributed by atoms with E-state index >= 15 is 0 Å². The van der Waals surface area contributed by atoms with Gasteiger partial charge in [-0.15, -0.1) is 0 Å². The van der Waals surface area contributed by atoms with Crippen molar-refractivity contribution < 1.29 is 4.52 Å². The van der Waals surface area contributed by atoms with E-state index in [4.69, 9.17) is 4.52 Å². The van der Waals surface area contributed by atoms with Crippen molar-refractivity contribution in [3.05, 3.63) is 29.3 Å². The smallest absolute Gasteiger partial charge is 0.227 e. The summed E-state index contributed by atoms with van der Waals surface area (Å²) in [5.41, 5.74) is 3.03. The van der Waals surface area contributed by atoms with Gasteiger partial charge in [-0.05, 0) is 50.8 Å². The van der Waals surface area contributed by atoms with E-state index in [0.29, 0.717) is 17.8 Å². The van der Waals surface area contributed by atoms with Crippen molar-refractivity contribution in [2.24, 2.45) is 0 Å². The first-order chi connectivity index (χ1) is 10.2. The highest BCUT2D eigenvalue weighted by Crippen LogP contribution is 2.19. The average Bonchev–Trinajstić information content (AvgIpc) is 2.95. The Bertz CT molecular complexity index is 602. The Morgan fingerprint density at radius 3 is 3.00 bits per heavy atom. The highest BCUT2D eigenvalue weighted by molar-refractivity contribution is 5.53. The standard InChI is InChI=1S/C16H22N4O/c1-11-9-12(2)15(18-10-11)16-19-14(21-20-16)7-6-13-5-3-4-8-17-13/h9-10,13,17H,3-8H2,1-2H3. The van der Waals surface area contributed by atoms with Crippen molar-refractivity contribution in [1.29, 1.82) is 0 Å². The van der Waals surface area contributed by atoms with Crippen LogP contribution in [0.5, 0.6) is 0 Å². The third-order valence-corrected chi connectivity index (χ3v) is 4.01. The van der Waals surface area contributed by atoms with Crippen LogP contribution in [-0.4, -0.2) is 27.7 Å². The van der Waals surface area contributed by atoms with Crippen LogP contribution in [0.25, 0.3) is 11.5 Å². The SMILES string of the molecule is Cc1cnc(-c2noc(CCC3CCCCN3)n2)c(C)c1. The third kappa shape index (κ3) is 3.47. The van der Waals surface area contributed by atoms with Crippen molar-refractivity contribution in [2.75, 3.05) is 6.54 Å². The Balaban J connectivity index is 1.65. The van der Waals surface area contributed by atoms with E-state index in [1.54, 1.807) is 0 Å². The minimum atomic E-state index is 0.591. The Morgan fingerprint density at radius 2 is 2.24 bits per heavy atom. The van der Waals surface area contributed by atoms with Crippen LogP contribution in [0.15, 0.2) is 16.8 Å². The molecule has 1 aliphatic heterocycles. The van der Waals surface area contributed by atoms with Gasteiger partial charge in [0.1, 0.15) is 5.69 Å². The normalized spacial score (nSPS) is 18.9. The van der Waals surface area contributed by atoms with Gasteiger partial charge in [0.25, 0.3) is 0 Å². The molecule has 112 valence electrons. The Kier molecular flexibility index (Phi) is 4.29. The lowest BCUT2D eigenvalue weighted by molar-refractivity contribution is 0.342. The van der Waals surface area contributed by atoms with Gasteiger partial charge in [-0.1, -0.05) is 17.6 Å². The minimum Gasteiger partial charge on any atom is -0.339 e. The largest absolute Gasteiger partial charge is 0.339 e. The molecule has 1 fully saturated rings. The van der Waals surface area contributed by atoms with Crippen molar-refractivity contribution in [1.82, 2.24) is 20.4 Å². The molecule has 3 rings (SSSR count). The highest BCUT2D eigenvalue weighted by atomic mass is 16.5. The number of pyridine rings is 1. The molecule has 0 radical (unpaired) electrons. The number of nitrogens with zero attached hydrogens (tertiary/aromatic N) is 3. The second-order valence-corrected chi connectivity index (χ2v) is 5.88. The molecule has 3 heterocycles. The highest BCUT2D eigenvalue weighted by Gasteiger charge is 2.16. The fourth-order valence-electron chi connectivity index (χ4n) is 2.87.